The van der Waals surface area contributed by atoms with E-state index < -0.39 is 0 Å². The maximum absolute atomic E-state index is 6.36. The molecule has 0 aliphatic rings. The van der Waals surface area contributed by atoms with Gasteiger partial charge in [-0.05, 0) is 126 Å². The summed E-state index contributed by atoms with van der Waals surface area (Å²) in [4.78, 5) is 2.43. The molecule has 0 radical (unpaired) electrons. The largest absolute Gasteiger partial charge is 0.456 e. The monoisotopic (exact) mass is 789 g/mol. The number of nitrogens with zero attached hydrogens (tertiary/aromatic N) is 1. The highest BCUT2D eigenvalue weighted by molar-refractivity contribution is 6.13. The van der Waals surface area contributed by atoms with Crippen LogP contribution in [0, 0.1) is 0 Å². The van der Waals surface area contributed by atoms with E-state index >= 15 is 0 Å². The van der Waals surface area contributed by atoms with Crippen molar-refractivity contribution < 1.29 is 4.42 Å². The van der Waals surface area contributed by atoms with Gasteiger partial charge in [0.2, 0.25) is 0 Å². The minimum atomic E-state index is 0.887. The average Bonchev–Trinajstić information content (AvgIpc) is 3.73. The molecular weight excluding hydrogens is 751 g/mol. The van der Waals surface area contributed by atoms with Crippen LogP contribution in [-0.4, -0.2) is 0 Å². The summed E-state index contributed by atoms with van der Waals surface area (Å²) < 4.78 is 6.36. The first-order chi connectivity index (χ1) is 30.7. The number of benzene rings is 11. The minimum Gasteiger partial charge on any atom is -0.456 e. The van der Waals surface area contributed by atoms with Crippen molar-refractivity contribution in [3.63, 3.8) is 0 Å². The summed E-state index contributed by atoms with van der Waals surface area (Å²) >= 11 is 0. The fraction of sp³-hybridized carbons (Fsp3) is 0. The van der Waals surface area contributed by atoms with Gasteiger partial charge < -0.3 is 9.32 Å². The van der Waals surface area contributed by atoms with Gasteiger partial charge >= 0.3 is 0 Å². The molecule has 290 valence electrons. The lowest BCUT2D eigenvalue weighted by atomic mass is 9.94. The second-order valence-electron chi connectivity index (χ2n) is 16.1. The molecule has 0 amide bonds. The van der Waals surface area contributed by atoms with Gasteiger partial charge in [-0.15, -0.1) is 0 Å². The molecule has 0 spiro atoms. The van der Waals surface area contributed by atoms with Crippen LogP contribution in [-0.2, 0) is 0 Å². The Labute approximate surface area is 360 Å². The molecule has 0 unspecified atom stereocenters. The summed E-state index contributed by atoms with van der Waals surface area (Å²) in [5, 5.41) is 9.75. The molecule has 0 atom stereocenters. The van der Waals surface area contributed by atoms with Crippen LogP contribution in [0.15, 0.2) is 241 Å². The first-order valence-corrected chi connectivity index (χ1v) is 21.2. The molecule has 12 aromatic rings. The highest BCUT2D eigenvalue weighted by Crippen LogP contribution is 2.45. The Kier molecular flexibility index (Phi) is 8.53. The third kappa shape index (κ3) is 6.20. The molecule has 0 bridgehead atoms. The van der Waals surface area contributed by atoms with E-state index in [1.165, 1.54) is 49.0 Å². The van der Waals surface area contributed by atoms with Crippen molar-refractivity contribution in [1.29, 1.82) is 0 Å². The van der Waals surface area contributed by atoms with E-state index in [0.29, 0.717) is 0 Å². The predicted molar refractivity (Wildman–Crippen MR) is 263 cm³/mol. The third-order valence-corrected chi connectivity index (χ3v) is 12.4. The second-order valence-corrected chi connectivity index (χ2v) is 16.1. The molecular formula is C60H39NO. The number of furan rings is 1. The van der Waals surface area contributed by atoms with Crippen molar-refractivity contribution in [2.24, 2.45) is 0 Å². The van der Waals surface area contributed by atoms with E-state index in [-0.39, 0.29) is 0 Å². The molecule has 0 aliphatic carbocycles. The van der Waals surface area contributed by atoms with Gasteiger partial charge in [-0.3, -0.25) is 0 Å². The number of rotatable bonds is 7. The molecule has 1 aromatic heterocycles. The zero-order valence-electron chi connectivity index (χ0n) is 33.9. The summed E-state index contributed by atoms with van der Waals surface area (Å²) in [6, 6.07) is 85.7. The smallest absolute Gasteiger partial charge is 0.136 e. The van der Waals surface area contributed by atoms with Gasteiger partial charge in [0.15, 0.2) is 0 Å². The average molecular weight is 790 g/mol. The van der Waals surface area contributed by atoms with Crippen molar-refractivity contribution >= 4 is 71.3 Å². The first-order valence-electron chi connectivity index (χ1n) is 21.2. The summed E-state index contributed by atoms with van der Waals surface area (Å²) in [5.74, 6) is 0. The van der Waals surface area contributed by atoms with Crippen LogP contribution in [0.3, 0.4) is 0 Å². The number of hydrogen-bond donors (Lipinski definition) is 0. The van der Waals surface area contributed by atoms with Gasteiger partial charge in [-0.25, -0.2) is 0 Å². The molecule has 0 saturated heterocycles. The van der Waals surface area contributed by atoms with Crippen molar-refractivity contribution in [1.82, 2.24) is 0 Å². The maximum Gasteiger partial charge on any atom is 0.136 e. The topological polar surface area (TPSA) is 16.4 Å². The standard InChI is InChI=1S/C60H39NO/c1-2-13-42(14-3-1)54-35-31-47(46-26-24-40-12-4-5-16-44(40)36-46)39-57(54)61(51-18-10-17-48(38-51)55-21-11-23-59-60(55)56-20-8-9-22-58(56)62-59)50-32-28-41(29-33-50)45-30-34-53-49(37-45)27-25-43-15-6-7-19-52(43)53/h1-39H. The molecule has 62 heavy (non-hydrogen) atoms. The number of fused-ring (bicyclic) bond motifs is 7. The molecule has 1 heterocycles. The van der Waals surface area contributed by atoms with E-state index in [1.54, 1.807) is 0 Å². The Morgan fingerprint density at radius 3 is 1.76 bits per heavy atom. The van der Waals surface area contributed by atoms with E-state index in [0.717, 1.165) is 66.8 Å². The van der Waals surface area contributed by atoms with Gasteiger partial charge in [-0.2, -0.15) is 0 Å². The van der Waals surface area contributed by atoms with Crippen LogP contribution < -0.4 is 4.90 Å². The van der Waals surface area contributed by atoms with Crippen molar-refractivity contribution in [2.75, 3.05) is 4.90 Å². The van der Waals surface area contributed by atoms with Crippen molar-refractivity contribution in [2.45, 2.75) is 0 Å². The molecule has 11 aromatic carbocycles. The summed E-state index contributed by atoms with van der Waals surface area (Å²) in [7, 11) is 0. The number of para-hydroxylation sites is 1. The molecule has 0 saturated carbocycles. The number of hydrogen-bond acceptors (Lipinski definition) is 2. The highest BCUT2D eigenvalue weighted by Gasteiger charge is 2.21. The summed E-state index contributed by atoms with van der Waals surface area (Å²) in [6.45, 7) is 0. The van der Waals surface area contributed by atoms with E-state index in [2.05, 4.69) is 235 Å². The lowest BCUT2D eigenvalue weighted by molar-refractivity contribution is 0.669. The normalized spacial score (nSPS) is 11.5. The Morgan fingerprint density at radius 2 is 0.871 bits per heavy atom. The van der Waals surface area contributed by atoms with E-state index in [1.807, 2.05) is 6.07 Å². The van der Waals surface area contributed by atoms with Crippen molar-refractivity contribution in [3.05, 3.63) is 237 Å². The Balaban J connectivity index is 1.05. The highest BCUT2D eigenvalue weighted by atomic mass is 16.3. The van der Waals surface area contributed by atoms with Crippen LogP contribution in [0.5, 0.6) is 0 Å². The van der Waals surface area contributed by atoms with Gasteiger partial charge in [-0.1, -0.05) is 182 Å². The molecule has 0 aliphatic heterocycles. The molecule has 2 nitrogen and oxygen atoms in total. The fourth-order valence-corrected chi connectivity index (χ4v) is 9.38. The lowest BCUT2D eigenvalue weighted by Gasteiger charge is -2.29. The van der Waals surface area contributed by atoms with Crippen LogP contribution in [0.1, 0.15) is 0 Å². The van der Waals surface area contributed by atoms with Crippen LogP contribution >= 0.6 is 0 Å². The van der Waals surface area contributed by atoms with Gasteiger partial charge in [0.25, 0.3) is 0 Å². The fourth-order valence-electron chi connectivity index (χ4n) is 9.38. The van der Waals surface area contributed by atoms with Gasteiger partial charge in [0.05, 0.1) is 5.69 Å². The lowest BCUT2D eigenvalue weighted by Crippen LogP contribution is -2.11. The van der Waals surface area contributed by atoms with Gasteiger partial charge in [0, 0.05) is 27.7 Å². The number of anilines is 3. The Hall–Kier alpha value is -8.20. The van der Waals surface area contributed by atoms with Gasteiger partial charge in [0.1, 0.15) is 11.2 Å². The minimum absolute atomic E-state index is 0.887. The maximum atomic E-state index is 6.36. The summed E-state index contributed by atoms with van der Waals surface area (Å²) in [5.41, 5.74) is 14.3. The zero-order valence-corrected chi connectivity index (χ0v) is 33.9. The van der Waals surface area contributed by atoms with E-state index in [9.17, 15) is 0 Å². The molecule has 0 fully saturated rings. The summed E-state index contributed by atoms with van der Waals surface area (Å²) in [6.07, 6.45) is 0. The van der Waals surface area contributed by atoms with Crippen molar-refractivity contribution in [3.8, 4) is 44.5 Å². The van der Waals surface area contributed by atoms with Crippen LogP contribution in [0.4, 0.5) is 17.1 Å². The third-order valence-electron chi connectivity index (χ3n) is 12.4. The SMILES string of the molecule is c1ccc(-c2ccc(-c3ccc4ccccc4c3)cc2N(c2ccc(-c3ccc4c(ccc5ccccc54)c3)cc2)c2cccc(-c3cccc4oc5ccccc5c34)c2)cc1. The molecule has 0 N–H and O–H groups in total. The zero-order chi connectivity index (χ0) is 41.0. The predicted octanol–water partition coefficient (Wildman–Crippen LogP) is 17.2. The molecule has 2 heteroatoms. The van der Waals surface area contributed by atoms with Crippen LogP contribution in [0.2, 0.25) is 0 Å². The Morgan fingerprint density at radius 1 is 0.274 bits per heavy atom. The Bertz CT molecular complexity index is 3640. The van der Waals surface area contributed by atoms with Crippen LogP contribution in [0.25, 0.3) is 98.8 Å². The quantitative estimate of drug-likeness (QED) is 0.150. The molecule has 12 rings (SSSR count). The second kappa shape index (κ2) is 14.8. The van der Waals surface area contributed by atoms with E-state index in [4.69, 9.17) is 4.42 Å². The first kappa shape index (κ1) is 35.7.